The van der Waals surface area contributed by atoms with Crippen LogP contribution in [0.4, 0.5) is 0 Å². The normalized spacial score (nSPS) is 10.5. The van der Waals surface area contributed by atoms with Crippen LogP contribution in [0.25, 0.3) is 11.1 Å². The number of hydrogen-bond donors (Lipinski definition) is 0. The first-order valence-corrected chi connectivity index (χ1v) is 3.23. The minimum Gasteiger partial charge on any atom is -0.410 e. The van der Waals surface area contributed by atoms with E-state index in [2.05, 4.69) is 4.98 Å². The van der Waals surface area contributed by atoms with Crippen LogP contribution in [-0.4, -0.2) is 0 Å². The van der Waals surface area contributed by atoms with E-state index in [1.54, 1.807) is 0 Å². The first-order chi connectivity index (χ1) is 4.86. The number of nitrogens with one attached hydrogen (secondary N) is 1. The van der Waals surface area contributed by atoms with Gasteiger partial charge in [0, 0.05) is 6.07 Å². The molecular weight excluding hydrogens is 126 g/mol. The number of aromatic nitrogens is 1. The van der Waals surface area contributed by atoms with Crippen LogP contribution in [0, 0.1) is 6.92 Å². The summed E-state index contributed by atoms with van der Waals surface area (Å²) in [5, 5.41) is 1.12. The Kier molecular flexibility index (Phi) is 1.01. The molecule has 2 heterocycles. The van der Waals surface area contributed by atoms with Crippen LogP contribution in [0.5, 0.6) is 0 Å². The summed E-state index contributed by atoms with van der Waals surface area (Å²) in [4.78, 5) is 3.00. The number of pyridine rings is 1. The van der Waals surface area contributed by atoms with Gasteiger partial charge in [-0.25, -0.2) is 0 Å². The first kappa shape index (κ1) is 5.47. The number of aromatic amines is 1. The molecule has 2 rings (SSSR count). The van der Waals surface area contributed by atoms with Gasteiger partial charge in [-0.2, -0.15) is 4.98 Å². The van der Waals surface area contributed by atoms with Gasteiger partial charge < -0.3 is 4.42 Å². The average molecular weight is 134 g/mol. The van der Waals surface area contributed by atoms with Gasteiger partial charge >= 0.3 is 5.71 Å². The van der Waals surface area contributed by atoms with E-state index in [0.29, 0.717) is 0 Å². The lowest BCUT2D eigenvalue weighted by molar-refractivity contribution is -0.356. The predicted octanol–water partition coefficient (Wildman–Crippen LogP) is 1.56. The zero-order chi connectivity index (χ0) is 6.97. The van der Waals surface area contributed by atoms with E-state index in [1.165, 1.54) is 0 Å². The van der Waals surface area contributed by atoms with E-state index < -0.39 is 0 Å². The van der Waals surface area contributed by atoms with Gasteiger partial charge in [-0.15, -0.1) is 0 Å². The van der Waals surface area contributed by atoms with Crippen molar-refractivity contribution in [2.24, 2.45) is 0 Å². The predicted molar refractivity (Wildman–Crippen MR) is 37.5 cm³/mol. The Morgan fingerprint density at radius 2 is 2.40 bits per heavy atom. The van der Waals surface area contributed by atoms with Crippen LogP contribution in [0.15, 0.2) is 28.8 Å². The molecular formula is C8H8NO+. The number of furan rings is 1. The number of H-pyrrole nitrogens is 1. The molecule has 0 aliphatic carbocycles. The maximum absolute atomic E-state index is 5.31. The van der Waals surface area contributed by atoms with Crippen molar-refractivity contribution < 1.29 is 9.40 Å². The molecule has 0 aromatic carbocycles. The van der Waals surface area contributed by atoms with Crippen molar-refractivity contribution in [1.29, 1.82) is 0 Å². The lowest BCUT2D eigenvalue weighted by Gasteiger charge is -1.74. The van der Waals surface area contributed by atoms with E-state index in [-0.39, 0.29) is 0 Å². The van der Waals surface area contributed by atoms with Gasteiger partial charge in [0.1, 0.15) is 5.76 Å². The Hall–Kier alpha value is -1.31. The van der Waals surface area contributed by atoms with Crippen LogP contribution in [0.2, 0.25) is 0 Å². The van der Waals surface area contributed by atoms with E-state index in [9.17, 15) is 0 Å². The molecule has 0 amide bonds. The standard InChI is InChI=1S/C8H7NO/c1-6-5-7-3-2-4-9-8(7)10-6/h2-5H,1H3/p+1. The molecule has 0 fully saturated rings. The molecule has 2 heteroatoms. The van der Waals surface area contributed by atoms with Gasteiger partial charge in [-0.1, -0.05) is 0 Å². The van der Waals surface area contributed by atoms with Crippen molar-refractivity contribution in [3.8, 4) is 0 Å². The van der Waals surface area contributed by atoms with E-state index in [4.69, 9.17) is 4.42 Å². The third-order valence-corrected chi connectivity index (χ3v) is 1.47. The summed E-state index contributed by atoms with van der Waals surface area (Å²) in [5.74, 6) is 0.942. The fourth-order valence-corrected chi connectivity index (χ4v) is 1.05. The van der Waals surface area contributed by atoms with E-state index in [0.717, 1.165) is 16.9 Å². The second-order valence-corrected chi connectivity index (χ2v) is 2.31. The maximum atomic E-state index is 5.31. The van der Waals surface area contributed by atoms with Gasteiger partial charge in [0.15, 0.2) is 6.20 Å². The topological polar surface area (TPSA) is 27.3 Å². The molecule has 0 spiro atoms. The molecule has 0 bridgehead atoms. The number of rotatable bonds is 0. The lowest BCUT2D eigenvalue weighted by Crippen LogP contribution is -1.97. The average Bonchev–Trinajstić information content (AvgIpc) is 2.27. The van der Waals surface area contributed by atoms with Crippen molar-refractivity contribution in [1.82, 2.24) is 0 Å². The smallest absolute Gasteiger partial charge is 0.378 e. The van der Waals surface area contributed by atoms with E-state index in [1.807, 2.05) is 31.3 Å². The Labute approximate surface area is 58.5 Å². The quantitative estimate of drug-likeness (QED) is 0.537. The highest BCUT2D eigenvalue weighted by atomic mass is 16.3. The molecule has 0 radical (unpaired) electrons. The van der Waals surface area contributed by atoms with Gasteiger partial charge in [0.2, 0.25) is 0 Å². The molecule has 0 atom stereocenters. The molecule has 1 N–H and O–H groups in total. The summed E-state index contributed by atoms with van der Waals surface area (Å²) >= 11 is 0. The second-order valence-electron chi connectivity index (χ2n) is 2.31. The zero-order valence-electron chi connectivity index (χ0n) is 5.72. The van der Waals surface area contributed by atoms with Crippen molar-refractivity contribution >= 4 is 11.1 Å². The Morgan fingerprint density at radius 3 is 3.20 bits per heavy atom. The van der Waals surface area contributed by atoms with Gasteiger partial charge in [-0.05, 0) is 19.1 Å². The number of aryl methyl sites for hydroxylation is 1. The van der Waals surface area contributed by atoms with Crippen LogP contribution in [0.1, 0.15) is 5.76 Å². The number of fused-ring (bicyclic) bond motifs is 1. The molecule has 0 aliphatic heterocycles. The summed E-state index contributed by atoms with van der Waals surface area (Å²) in [6.45, 7) is 1.94. The van der Waals surface area contributed by atoms with Crippen LogP contribution in [-0.2, 0) is 0 Å². The summed E-state index contributed by atoms with van der Waals surface area (Å²) in [6.07, 6.45) is 1.85. The second kappa shape index (κ2) is 1.84. The highest BCUT2D eigenvalue weighted by Gasteiger charge is 2.02. The maximum Gasteiger partial charge on any atom is 0.378 e. The van der Waals surface area contributed by atoms with Crippen LogP contribution >= 0.6 is 0 Å². The molecule has 10 heavy (non-hydrogen) atoms. The Bertz CT molecular complexity index is 318. The fraction of sp³-hybridized carbons (Fsp3) is 0.125. The van der Waals surface area contributed by atoms with Crippen molar-refractivity contribution in [3.05, 3.63) is 30.2 Å². The zero-order valence-corrected chi connectivity index (χ0v) is 5.72. The monoisotopic (exact) mass is 134 g/mol. The molecule has 0 unspecified atom stereocenters. The largest absolute Gasteiger partial charge is 0.410 e. The minimum atomic E-state index is 0.847. The third-order valence-electron chi connectivity index (χ3n) is 1.47. The first-order valence-electron chi connectivity index (χ1n) is 3.23. The summed E-state index contributed by atoms with van der Waals surface area (Å²) < 4.78 is 5.31. The Balaban J connectivity index is 2.88. The SMILES string of the molecule is Cc1cc2ccc[nH+]c2o1. The van der Waals surface area contributed by atoms with Gasteiger partial charge in [0.25, 0.3) is 0 Å². The highest BCUT2D eigenvalue weighted by molar-refractivity contribution is 5.70. The molecule has 0 aliphatic rings. The minimum absolute atomic E-state index is 0.847. The van der Waals surface area contributed by atoms with Gasteiger partial charge in [-0.3, -0.25) is 0 Å². The third kappa shape index (κ3) is 0.692. The molecule has 50 valence electrons. The molecule has 0 saturated carbocycles. The van der Waals surface area contributed by atoms with Crippen LogP contribution < -0.4 is 4.98 Å². The molecule has 2 aromatic heterocycles. The summed E-state index contributed by atoms with van der Waals surface area (Å²) in [6, 6.07) is 5.98. The van der Waals surface area contributed by atoms with Crippen LogP contribution in [0.3, 0.4) is 0 Å². The molecule has 2 nitrogen and oxygen atoms in total. The Morgan fingerprint density at radius 1 is 1.50 bits per heavy atom. The van der Waals surface area contributed by atoms with E-state index >= 15 is 0 Å². The lowest BCUT2D eigenvalue weighted by atomic mass is 10.3. The summed E-state index contributed by atoms with van der Waals surface area (Å²) in [5.41, 5.74) is 0.847. The fourth-order valence-electron chi connectivity index (χ4n) is 1.05. The van der Waals surface area contributed by atoms with Crippen molar-refractivity contribution in [2.45, 2.75) is 6.92 Å². The van der Waals surface area contributed by atoms with Crippen molar-refractivity contribution in [3.63, 3.8) is 0 Å². The molecule has 2 aromatic rings. The summed E-state index contributed by atoms with van der Waals surface area (Å²) in [7, 11) is 0. The molecule has 0 saturated heterocycles. The van der Waals surface area contributed by atoms with Crippen molar-refractivity contribution in [2.75, 3.05) is 0 Å². The highest BCUT2D eigenvalue weighted by Crippen LogP contribution is 2.12. The van der Waals surface area contributed by atoms with Gasteiger partial charge in [0.05, 0.1) is 5.39 Å². The number of hydrogen-bond acceptors (Lipinski definition) is 1.